The molecule has 1 aliphatic heterocycles. The van der Waals surface area contributed by atoms with Crippen LogP contribution in [0, 0.1) is 5.41 Å². The SMILES string of the molecule is Brc1cccc(-c2noc(C3CC34CCNCC4)n2)c1.Cl. The van der Waals surface area contributed by atoms with Gasteiger partial charge in [0.05, 0.1) is 0 Å². The number of nitrogens with one attached hydrogen (secondary N) is 1. The Morgan fingerprint density at radius 3 is 2.86 bits per heavy atom. The summed E-state index contributed by atoms with van der Waals surface area (Å²) in [5.41, 5.74) is 1.43. The van der Waals surface area contributed by atoms with Crippen LogP contribution in [-0.2, 0) is 0 Å². The molecule has 1 N–H and O–H groups in total. The monoisotopic (exact) mass is 369 g/mol. The number of hydrogen-bond donors (Lipinski definition) is 1. The molecule has 1 spiro atoms. The van der Waals surface area contributed by atoms with Crippen molar-refractivity contribution in [2.75, 3.05) is 13.1 Å². The van der Waals surface area contributed by atoms with Gasteiger partial charge in [0.2, 0.25) is 11.7 Å². The molecule has 1 aromatic heterocycles. The summed E-state index contributed by atoms with van der Waals surface area (Å²) in [5, 5.41) is 7.56. The fraction of sp³-hybridized carbons (Fsp3) is 0.467. The molecule has 2 heterocycles. The lowest BCUT2D eigenvalue weighted by atomic mass is 9.92. The number of aromatic nitrogens is 2. The second-order valence-corrected chi connectivity index (χ2v) is 6.75. The lowest BCUT2D eigenvalue weighted by molar-refractivity contribution is 0.311. The lowest BCUT2D eigenvalue weighted by Gasteiger charge is -2.22. The van der Waals surface area contributed by atoms with Crippen LogP contribution in [0.3, 0.4) is 0 Å². The number of rotatable bonds is 2. The Morgan fingerprint density at radius 1 is 1.29 bits per heavy atom. The van der Waals surface area contributed by atoms with Gasteiger partial charge in [0.15, 0.2) is 0 Å². The first-order valence-corrected chi connectivity index (χ1v) is 7.86. The van der Waals surface area contributed by atoms with Crippen molar-refractivity contribution >= 4 is 28.3 Å². The zero-order valence-corrected chi connectivity index (χ0v) is 13.9. The Balaban J connectivity index is 0.00000132. The average molecular weight is 371 g/mol. The first kappa shape index (κ1) is 15.0. The Hall–Kier alpha value is -0.910. The highest BCUT2D eigenvalue weighted by Gasteiger charge is 2.57. The Morgan fingerprint density at radius 2 is 2.10 bits per heavy atom. The fourth-order valence-corrected chi connectivity index (χ4v) is 3.69. The Labute approximate surface area is 138 Å². The maximum Gasteiger partial charge on any atom is 0.230 e. The van der Waals surface area contributed by atoms with E-state index < -0.39 is 0 Å². The van der Waals surface area contributed by atoms with E-state index in [4.69, 9.17) is 4.52 Å². The van der Waals surface area contributed by atoms with Gasteiger partial charge in [-0.15, -0.1) is 12.4 Å². The molecular formula is C15H17BrClN3O. The topological polar surface area (TPSA) is 51.0 Å². The standard InChI is InChI=1S/C15H16BrN3O.ClH/c16-11-3-1-2-10(8-11)13-18-14(20-19-13)12-9-15(12)4-6-17-7-5-15;/h1-3,8,12,17H,4-7,9H2;1H. The van der Waals surface area contributed by atoms with Crippen LogP contribution in [0.1, 0.15) is 31.1 Å². The van der Waals surface area contributed by atoms with Crippen LogP contribution in [0.15, 0.2) is 33.3 Å². The second-order valence-electron chi connectivity index (χ2n) is 5.84. The van der Waals surface area contributed by atoms with Crippen LogP contribution in [0.5, 0.6) is 0 Å². The van der Waals surface area contributed by atoms with E-state index in [1.807, 2.05) is 24.3 Å². The lowest BCUT2D eigenvalue weighted by Crippen LogP contribution is -2.29. The van der Waals surface area contributed by atoms with Crippen molar-refractivity contribution in [1.29, 1.82) is 0 Å². The summed E-state index contributed by atoms with van der Waals surface area (Å²) in [4.78, 5) is 4.61. The van der Waals surface area contributed by atoms with Crippen molar-refractivity contribution < 1.29 is 4.52 Å². The highest BCUT2D eigenvalue weighted by Crippen LogP contribution is 2.63. The van der Waals surface area contributed by atoms with Crippen molar-refractivity contribution in [3.63, 3.8) is 0 Å². The fourth-order valence-electron chi connectivity index (χ4n) is 3.30. The summed E-state index contributed by atoms with van der Waals surface area (Å²) in [6, 6.07) is 8.00. The molecule has 2 aliphatic rings. The largest absolute Gasteiger partial charge is 0.339 e. The van der Waals surface area contributed by atoms with Gasteiger partial charge in [-0.1, -0.05) is 33.2 Å². The van der Waals surface area contributed by atoms with Gasteiger partial charge in [0.25, 0.3) is 0 Å². The zero-order valence-electron chi connectivity index (χ0n) is 11.5. The van der Waals surface area contributed by atoms with Crippen LogP contribution >= 0.6 is 28.3 Å². The van der Waals surface area contributed by atoms with E-state index >= 15 is 0 Å². The third kappa shape index (κ3) is 2.74. The van der Waals surface area contributed by atoms with E-state index in [1.165, 1.54) is 19.3 Å². The van der Waals surface area contributed by atoms with Gasteiger partial charge >= 0.3 is 0 Å². The number of hydrogen-bond acceptors (Lipinski definition) is 4. The van der Waals surface area contributed by atoms with E-state index in [0.717, 1.165) is 29.0 Å². The van der Waals surface area contributed by atoms with E-state index in [0.29, 0.717) is 17.2 Å². The number of benzene rings is 1. The summed E-state index contributed by atoms with van der Waals surface area (Å²) in [5.74, 6) is 1.98. The molecule has 2 aromatic rings. The Bertz CT molecular complexity index is 639. The molecule has 6 heteroatoms. The molecule has 21 heavy (non-hydrogen) atoms. The van der Waals surface area contributed by atoms with Crippen LogP contribution in [-0.4, -0.2) is 23.2 Å². The van der Waals surface area contributed by atoms with Crippen LogP contribution in [0.25, 0.3) is 11.4 Å². The molecule has 1 saturated heterocycles. The molecule has 1 unspecified atom stereocenters. The van der Waals surface area contributed by atoms with E-state index in [9.17, 15) is 0 Å². The van der Waals surface area contributed by atoms with Crippen molar-refractivity contribution in [2.24, 2.45) is 5.41 Å². The van der Waals surface area contributed by atoms with Gasteiger partial charge < -0.3 is 9.84 Å². The number of nitrogens with zero attached hydrogens (tertiary/aromatic N) is 2. The summed E-state index contributed by atoms with van der Waals surface area (Å²) in [6.07, 6.45) is 3.66. The maximum absolute atomic E-state index is 5.51. The highest BCUT2D eigenvalue weighted by molar-refractivity contribution is 9.10. The summed E-state index contributed by atoms with van der Waals surface area (Å²) < 4.78 is 6.54. The maximum atomic E-state index is 5.51. The predicted octanol–water partition coefficient (Wildman–Crippen LogP) is 3.78. The van der Waals surface area contributed by atoms with Crippen molar-refractivity contribution in [2.45, 2.75) is 25.2 Å². The molecule has 1 aliphatic carbocycles. The van der Waals surface area contributed by atoms with Crippen LogP contribution < -0.4 is 5.32 Å². The van der Waals surface area contributed by atoms with E-state index in [1.54, 1.807) is 0 Å². The van der Waals surface area contributed by atoms with Crippen LogP contribution in [0.4, 0.5) is 0 Å². The van der Waals surface area contributed by atoms with Gasteiger partial charge in [0, 0.05) is 16.0 Å². The third-order valence-corrected chi connectivity index (χ3v) is 5.10. The van der Waals surface area contributed by atoms with Gasteiger partial charge in [-0.2, -0.15) is 4.98 Å². The second kappa shape index (κ2) is 5.71. The molecule has 4 nitrogen and oxygen atoms in total. The molecule has 0 bridgehead atoms. The minimum absolute atomic E-state index is 0. The molecule has 0 radical (unpaired) electrons. The number of piperidine rings is 1. The minimum Gasteiger partial charge on any atom is -0.339 e. The molecular weight excluding hydrogens is 354 g/mol. The molecule has 1 atom stereocenters. The quantitative estimate of drug-likeness (QED) is 0.874. The predicted molar refractivity (Wildman–Crippen MR) is 86.6 cm³/mol. The first-order chi connectivity index (χ1) is 9.77. The van der Waals surface area contributed by atoms with Crippen molar-refractivity contribution in [3.05, 3.63) is 34.6 Å². The molecule has 0 amide bonds. The third-order valence-electron chi connectivity index (χ3n) is 4.61. The molecule has 112 valence electrons. The average Bonchev–Trinajstić information content (AvgIpc) is 2.95. The van der Waals surface area contributed by atoms with Crippen LogP contribution in [0.2, 0.25) is 0 Å². The van der Waals surface area contributed by atoms with Gasteiger partial charge in [-0.05, 0) is 49.9 Å². The summed E-state index contributed by atoms with van der Waals surface area (Å²) in [6.45, 7) is 2.23. The molecule has 1 aromatic carbocycles. The zero-order chi connectivity index (χ0) is 13.6. The number of halogens is 2. The smallest absolute Gasteiger partial charge is 0.230 e. The van der Waals surface area contributed by atoms with E-state index in [-0.39, 0.29) is 12.4 Å². The summed E-state index contributed by atoms with van der Waals surface area (Å²) in [7, 11) is 0. The molecule has 1 saturated carbocycles. The summed E-state index contributed by atoms with van der Waals surface area (Å²) >= 11 is 3.47. The molecule has 4 rings (SSSR count). The van der Waals surface area contributed by atoms with Crippen molar-refractivity contribution in [3.8, 4) is 11.4 Å². The van der Waals surface area contributed by atoms with Gasteiger partial charge in [-0.3, -0.25) is 0 Å². The van der Waals surface area contributed by atoms with Gasteiger partial charge in [-0.25, -0.2) is 0 Å². The minimum atomic E-state index is 0. The molecule has 2 fully saturated rings. The normalized spacial score (nSPS) is 22.8. The first-order valence-electron chi connectivity index (χ1n) is 7.07. The highest BCUT2D eigenvalue weighted by atomic mass is 79.9. The van der Waals surface area contributed by atoms with Crippen molar-refractivity contribution in [1.82, 2.24) is 15.5 Å². The van der Waals surface area contributed by atoms with E-state index in [2.05, 4.69) is 31.4 Å². The van der Waals surface area contributed by atoms with Gasteiger partial charge in [0.1, 0.15) is 0 Å². The Kier molecular flexibility index (Phi) is 4.08.